The Morgan fingerprint density at radius 2 is 1.94 bits per heavy atom. The molecule has 2 aliphatic carbocycles. The Balaban J connectivity index is 1.38. The molecule has 0 radical (unpaired) electrons. The molecular weight excluding hydrogens is 449 g/mol. The van der Waals surface area contributed by atoms with Crippen molar-refractivity contribution in [3.8, 4) is 0 Å². The quantitative estimate of drug-likeness (QED) is 0.601. The summed E-state index contributed by atoms with van der Waals surface area (Å²) < 4.78 is 21.8. The topological polar surface area (TPSA) is 88.5 Å². The summed E-state index contributed by atoms with van der Waals surface area (Å²) >= 11 is 0. The molecule has 0 bridgehead atoms. The second-order valence-electron chi connectivity index (χ2n) is 10.4. The van der Waals surface area contributed by atoms with Crippen LogP contribution in [0.5, 0.6) is 0 Å². The van der Waals surface area contributed by atoms with Crippen molar-refractivity contribution in [2.24, 2.45) is 24.3 Å². The van der Waals surface area contributed by atoms with Gasteiger partial charge in [0.25, 0.3) is 5.91 Å². The fraction of sp³-hybridized carbons (Fsp3) is 0.577. The highest BCUT2D eigenvalue weighted by atomic mass is 19.1. The maximum atomic E-state index is 15.0. The van der Waals surface area contributed by atoms with Crippen LogP contribution >= 0.6 is 0 Å². The zero-order valence-electron chi connectivity index (χ0n) is 20.4. The Kier molecular flexibility index (Phi) is 6.53. The fourth-order valence-electron chi connectivity index (χ4n) is 5.57. The van der Waals surface area contributed by atoms with Gasteiger partial charge in [-0.05, 0) is 54.4 Å². The van der Waals surface area contributed by atoms with Gasteiger partial charge < -0.3 is 20.3 Å². The van der Waals surface area contributed by atoms with Crippen molar-refractivity contribution in [3.63, 3.8) is 0 Å². The number of nitrogens with one attached hydrogen (secondary N) is 2. The molecule has 9 heteroatoms. The molecule has 1 unspecified atom stereocenters. The minimum atomic E-state index is -0.711. The first-order valence-electron chi connectivity index (χ1n) is 12.6. The first-order chi connectivity index (χ1) is 16.9. The SMILES string of the molecule is Cn1nccc1C(=O)N[C@H](C(=O)Nc1ccc(N2CCOCC2)c(F)c1)C(C1CCC1)C1(C)CC1. The van der Waals surface area contributed by atoms with E-state index in [-0.39, 0.29) is 29.0 Å². The Morgan fingerprint density at radius 3 is 2.51 bits per heavy atom. The number of halogens is 1. The molecule has 3 aliphatic rings. The molecular formula is C26H34FN5O3. The minimum absolute atomic E-state index is 0.0261. The molecule has 1 saturated heterocycles. The van der Waals surface area contributed by atoms with Crippen molar-refractivity contribution < 1.29 is 18.7 Å². The zero-order valence-corrected chi connectivity index (χ0v) is 20.4. The van der Waals surface area contributed by atoms with Crippen LogP contribution in [-0.2, 0) is 16.6 Å². The van der Waals surface area contributed by atoms with Gasteiger partial charge in [0.05, 0.1) is 18.9 Å². The van der Waals surface area contributed by atoms with E-state index in [1.165, 1.54) is 10.7 Å². The van der Waals surface area contributed by atoms with Crippen LogP contribution in [0.2, 0.25) is 0 Å². The number of rotatable bonds is 8. The second-order valence-corrected chi connectivity index (χ2v) is 10.4. The largest absolute Gasteiger partial charge is 0.378 e. The molecule has 3 fully saturated rings. The van der Waals surface area contributed by atoms with Crippen LogP contribution in [0, 0.1) is 23.1 Å². The van der Waals surface area contributed by atoms with Crippen LogP contribution in [0.4, 0.5) is 15.8 Å². The lowest BCUT2D eigenvalue weighted by Crippen LogP contribution is -2.54. The summed E-state index contributed by atoms with van der Waals surface area (Å²) in [7, 11) is 1.70. The maximum Gasteiger partial charge on any atom is 0.270 e. The summed E-state index contributed by atoms with van der Waals surface area (Å²) in [4.78, 5) is 28.7. The van der Waals surface area contributed by atoms with Crippen LogP contribution < -0.4 is 15.5 Å². The molecule has 0 spiro atoms. The van der Waals surface area contributed by atoms with E-state index in [9.17, 15) is 14.0 Å². The third-order valence-corrected chi connectivity index (χ3v) is 8.05. The third kappa shape index (κ3) is 4.91. The normalized spacial score (nSPS) is 21.1. The highest BCUT2D eigenvalue weighted by Gasteiger charge is 2.54. The number of carbonyl (C=O) groups excluding carboxylic acids is 2. The Labute approximate surface area is 205 Å². The maximum absolute atomic E-state index is 15.0. The summed E-state index contributed by atoms with van der Waals surface area (Å²) in [6.07, 6.45) is 6.93. The van der Waals surface area contributed by atoms with Crippen molar-refractivity contribution in [2.75, 3.05) is 36.5 Å². The average Bonchev–Trinajstić information content (AvgIpc) is 3.40. The molecule has 188 valence electrons. The van der Waals surface area contributed by atoms with Crippen molar-refractivity contribution in [1.82, 2.24) is 15.1 Å². The van der Waals surface area contributed by atoms with Gasteiger partial charge in [-0.25, -0.2) is 4.39 Å². The Morgan fingerprint density at radius 1 is 1.20 bits per heavy atom. The lowest BCUT2D eigenvalue weighted by atomic mass is 9.66. The van der Waals surface area contributed by atoms with Crippen molar-refractivity contribution in [1.29, 1.82) is 0 Å². The van der Waals surface area contributed by atoms with Gasteiger partial charge in [0.15, 0.2) is 0 Å². The summed E-state index contributed by atoms with van der Waals surface area (Å²) in [6, 6.07) is 5.71. The highest BCUT2D eigenvalue weighted by Crippen LogP contribution is 2.58. The molecule has 2 heterocycles. The number of hydrogen-bond donors (Lipinski definition) is 2. The number of nitrogens with zero attached hydrogens (tertiary/aromatic N) is 3. The lowest BCUT2D eigenvalue weighted by molar-refractivity contribution is -0.121. The number of amides is 2. The zero-order chi connectivity index (χ0) is 24.6. The second kappa shape index (κ2) is 9.60. The van der Waals surface area contributed by atoms with Gasteiger partial charge in [0, 0.05) is 32.0 Å². The van der Waals surface area contributed by atoms with Crippen LogP contribution in [0.1, 0.15) is 49.5 Å². The number of aromatic nitrogens is 2. The molecule has 2 saturated carbocycles. The van der Waals surface area contributed by atoms with E-state index in [0.29, 0.717) is 49.3 Å². The number of anilines is 2. The number of hydrogen-bond acceptors (Lipinski definition) is 5. The predicted molar refractivity (Wildman–Crippen MR) is 131 cm³/mol. The predicted octanol–water partition coefficient (Wildman–Crippen LogP) is 3.35. The van der Waals surface area contributed by atoms with E-state index < -0.39 is 6.04 Å². The monoisotopic (exact) mass is 483 g/mol. The summed E-state index contributed by atoms with van der Waals surface area (Å²) in [5, 5.41) is 10.0. The van der Waals surface area contributed by atoms with Gasteiger partial charge in [-0.3, -0.25) is 14.3 Å². The van der Waals surface area contributed by atoms with E-state index in [1.807, 2.05) is 4.90 Å². The molecule has 1 aliphatic heterocycles. The van der Waals surface area contributed by atoms with E-state index in [0.717, 1.165) is 32.1 Å². The molecule has 35 heavy (non-hydrogen) atoms. The molecule has 2 atom stereocenters. The number of carbonyl (C=O) groups is 2. The van der Waals surface area contributed by atoms with E-state index in [2.05, 4.69) is 22.7 Å². The number of benzene rings is 1. The number of morpholine rings is 1. The molecule has 2 aromatic rings. The van der Waals surface area contributed by atoms with Crippen molar-refractivity contribution in [2.45, 2.75) is 45.1 Å². The first-order valence-corrected chi connectivity index (χ1v) is 12.6. The molecule has 2 amide bonds. The Bertz CT molecular complexity index is 1090. The third-order valence-electron chi connectivity index (χ3n) is 8.05. The van der Waals surface area contributed by atoms with Crippen molar-refractivity contribution >= 4 is 23.2 Å². The standard InChI is InChI=1S/C26H34FN5O3/c1-26(9-10-26)22(17-4-3-5-17)23(30-24(33)21-8-11-28-31(21)2)25(34)29-18-6-7-20(19(27)16-18)32-12-14-35-15-13-32/h6-8,11,16-17,22-23H,3-5,9-10,12-15H2,1-2H3,(H,29,34)(H,30,33)/t22?,23-/m0/s1. The molecule has 5 rings (SSSR count). The first kappa shape index (κ1) is 23.8. The summed E-state index contributed by atoms with van der Waals surface area (Å²) in [5.41, 5.74) is 1.32. The lowest BCUT2D eigenvalue weighted by Gasteiger charge is -2.42. The van der Waals surface area contributed by atoms with E-state index in [4.69, 9.17) is 4.74 Å². The van der Waals surface area contributed by atoms with Gasteiger partial charge in [-0.1, -0.05) is 26.2 Å². The van der Waals surface area contributed by atoms with Gasteiger partial charge >= 0.3 is 0 Å². The van der Waals surface area contributed by atoms with Crippen LogP contribution in [0.15, 0.2) is 30.5 Å². The van der Waals surface area contributed by atoms with E-state index >= 15 is 0 Å². The van der Waals surface area contributed by atoms with Gasteiger partial charge in [0.2, 0.25) is 5.91 Å². The smallest absolute Gasteiger partial charge is 0.270 e. The molecule has 8 nitrogen and oxygen atoms in total. The molecule has 1 aromatic carbocycles. The highest BCUT2D eigenvalue weighted by molar-refractivity contribution is 6.00. The van der Waals surface area contributed by atoms with Crippen molar-refractivity contribution in [3.05, 3.63) is 42.0 Å². The van der Waals surface area contributed by atoms with E-state index in [1.54, 1.807) is 31.4 Å². The molecule has 2 N–H and O–H groups in total. The average molecular weight is 484 g/mol. The summed E-state index contributed by atoms with van der Waals surface area (Å²) in [5.74, 6) is -0.585. The van der Waals surface area contributed by atoms with Crippen LogP contribution in [-0.4, -0.2) is 53.9 Å². The van der Waals surface area contributed by atoms with Gasteiger partial charge in [-0.15, -0.1) is 0 Å². The van der Waals surface area contributed by atoms with Gasteiger partial charge in [0.1, 0.15) is 17.6 Å². The fourth-order valence-corrected chi connectivity index (χ4v) is 5.57. The number of ether oxygens (including phenoxy) is 1. The van der Waals surface area contributed by atoms with Crippen LogP contribution in [0.25, 0.3) is 0 Å². The number of aryl methyl sites for hydroxylation is 1. The van der Waals surface area contributed by atoms with Gasteiger partial charge in [-0.2, -0.15) is 5.10 Å². The summed E-state index contributed by atoms with van der Waals surface area (Å²) in [6.45, 7) is 4.61. The molecule has 1 aromatic heterocycles. The van der Waals surface area contributed by atoms with Crippen LogP contribution in [0.3, 0.4) is 0 Å². The Hall–Kier alpha value is -2.94. The minimum Gasteiger partial charge on any atom is -0.378 e.